The highest BCUT2D eigenvalue weighted by Gasteiger charge is 2.27. The summed E-state index contributed by atoms with van der Waals surface area (Å²) in [5.41, 5.74) is 6.75. The topological polar surface area (TPSA) is 79.4 Å². The lowest BCUT2D eigenvalue weighted by Crippen LogP contribution is -2.44. The van der Waals surface area contributed by atoms with Crippen molar-refractivity contribution in [2.75, 3.05) is 13.1 Å². The number of esters is 1. The molecule has 128 valence electrons. The fraction of sp³-hybridized carbons (Fsp3) is 0.529. The fourth-order valence-corrected chi connectivity index (χ4v) is 2.58. The minimum Gasteiger partial charge on any atom is -0.426 e. The maximum Gasteiger partial charge on any atom is 0.314 e. The monoisotopic (exact) mass is 339 g/mol. The van der Waals surface area contributed by atoms with Crippen LogP contribution in [-0.4, -0.2) is 29.9 Å². The van der Waals surface area contributed by atoms with E-state index >= 15 is 0 Å². The van der Waals surface area contributed by atoms with E-state index in [1.807, 2.05) is 24.3 Å². The highest BCUT2D eigenvalue weighted by atomic mass is 35.5. The summed E-state index contributed by atoms with van der Waals surface area (Å²) in [5, 5.41) is 7.40. The zero-order valence-corrected chi connectivity index (χ0v) is 14.8. The second kappa shape index (κ2) is 7.68. The molecule has 1 heterocycles. The molecule has 1 fully saturated rings. The number of piperidine rings is 1. The number of ether oxygens (including phenoxy) is 1. The van der Waals surface area contributed by atoms with Gasteiger partial charge >= 0.3 is 5.97 Å². The Morgan fingerprint density at radius 3 is 2.17 bits per heavy atom. The van der Waals surface area contributed by atoms with Crippen LogP contribution in [-0.2, 0) is 10.2 Å². The molecule has 0 saturated carbocycles. The molecular formula is C17H26ClN3O2. The molecule has 1 aliphatic heterocycles. The van der Waals surface area contributed by atoms with E-state index < -0.39 is 0 Å². The lowest BCUT2D eigenvalue weighted by molar-refractivity contribution is -0.140. The first-order valence-corrected chi connectivity index (χ1v) is 7.68. The van der Waals surface area contributed by atoms with Crippen LogP contribution in [0.2, 0.25) is 0 Å². The van der Waals surface area contributed by atoms with E-state index in [4.69, 9.17) is 15.9 Å². The highest BCUT2D eigenvalue weighted by molar-refractivity contribution is 5.85. The molecule has 0 atom stereocenters. The minimum atomic E-state index is -0.188. The Labute approximate surface area is 144 Å². The number of benzene rings is 1. The number of guanidine groups is 1. The Morgan fingerprint density at radius 1 is 1.22 bits per heavy atom. The molecule has 3 N–H and O–H groups in total. The number of hydrogen-bond acceptors (Lipinski definition) is 3. The van der Waals surface area contributed by atoms with Crippen molar-refractivity contribution in [3.05, 3.63) is 29.8 Å². The van der Waals surface area contributed by atoms with Crippen LogP contribution >= 0.6 is 12.4 Å². The minimum absolute atomic E-state index is 0. The van der Waals surface area contributed by atoms with Gasteiger partial charge in [0.15, 0.2) is 5.96 Å². The smallest absolute Gasteiger partial charge is 0.314 e. The molecule has 6 heteroatoms. The molecule has 0 radical (unpaired) electrons. The van der Waals surface area contributed by atoms with Gasteiger partial charge in [0.25, 0.3) is 0 Å². The van der Waals surface area contributed by atoms with E-state index in [2.05, 4.69) is 20.8 Å². The first-order valence-electron chi connectivity index (χ1n) is 7.68. The van der Waals surface area contributed by atoms with Crippen molar-refractivity contribution in [3.8, 4) is 5.75 Å². The number of nitrogens with zero attached hydrogens (tertiary/aromatic N) is 1. The van der Waals surface area contributed by atoms with Gasteiger partial charge in [0.2, 0.25) is 0 Å². The second-order valence-corrected chi connectivity index (χ2v) is 6.84. The van der Waals surface area contributed by atoms with Crippen LogP contribution in [0.1, 0.15) is 39.2 Å². The van der Waals surface area contributed by atoms with E-state index in [-0.39, 0.29) is 35.7 Å². The molecule has 0 bridgehead atoms. The van der Waals surface area contributed by atoms with Gasteiger partial charge in [-0.05, 0) is 36.0 Å². The Morgan fingerprint density at radius 2 is 1.74 bits per heavy atom. The van der Waals surface area contributed by atoms with Gasteiger partial charge in [-0.15, -0.1) is 12.4 Å². The van der Waals surface area contributed by atoms with Gasteiger partial charge in [0.1, 0.15) is 5.75 Å². The molecule has 0 unspecified atom stereocenters. The molecule has 2 rings (SSSR count). The van der Waals surface area contributed by atoms with Crippen LogP contribution in [0.25, 0.3) is 0 Å². The number of carbonyl (C=O) groups excluding carboxylic acids is 1. The maximum absolute atomic E-state index is 12.2. The summed E-state index contributed by atoms with van der Waals surface area (Å²) in [6, 6.07) is 7.70. The van der Waals surface area contributed by atoms with Crippen LogP contribution in [0.5, 0.6) is 5.75 Å². The summed E-state index contributed by atoms with van der Waals surface area (Å²) < 4.78 is 5.47. The number of halogens is 1. The molecule has 1 aromatic rings. The van der Waals surface area contributed by atoms with Gasteiger partial charge in [-0.25, -0.2) is 0 Å². The van der Waals surface area contributed by atoms with Crippen molar-refractivity contribution in [1.29, 1.82) is 5.41 Å². The lowest BCUT2D eigenvalue weighted by atomic mass is 9.87. The number of nitrogens with one attached hydrogen (secondary N) is 1. The van der Waals surface area contributed by atoms with Gasteiger partial charge in [-0.3, -0.25) is 10.2 Å². The Kier molecular flexibility index (Phi) is 6.45. The second-order valence-electron chi connectivity index (χ2n) is 6.84. The van der Waals surface area contributed by atoms with Crippen LogP contribution in [0.3, 0.4) is 0 Å². The molecule has 23 heavy (non-hydrogen) atoms. The highest BCUT2D eigenvalue weighted by Crippen LogP contribution is 2.25. The van der Waals surface area contributed by atoms with E-state index in [0.717, 1.165) is 0 Å². The van der Waals surface area contributed by atoms with E-state index in [0.29, 0.717) is 31.7 Å². The average molecular weight is 340 g/mol. The van der Waals surface area contributed by atoms with Gasteiger partial charge in [0.05, 0.1) is 5.92 Å². The molecule has 0 aromatic heterocycles. The van der Waals surface area contributed by atoms with E-state index in [1.165, 1.54) is 5.56 Å². The van der Waals surface area contributed by atoms with Crippen LogP contribution in [0.15, 0.2) is 24.3 Å². The Balaban J connectivity index is 0.00000264. The van der Waals surface area contributed by atoms with Gasteiger partial charge in [-0.2, -0.15) is 0 Å². The van der Waals surface area contributed by atoms with Crippen molar-refractivity contribution >= 4 is 24.3 Å². The number of hydrogen-bond donors (Lipinski definition) is 2. The van der Waals surface area contributed by atoms with Gasteiger partial charge in [0, 0.05) is 13.1 Å². The fourth-order valence-electron chi connectivity index (χ4n) is 2.58. The summed E-state index contributed by atoms with van der Waals surface area (Å²) in [7, 11) is 0. The molecular weight excluding hydrogens is 314 g/mol. The largest absolute Gasteiger partial charge is 0.426 e. The summed E-state index contributed by atoms with van der Waals surface area (Å²) in [6.07, 6.45) is 1.36. The maximum atomic E-state index is 12.2. The predicted molar refractivity (Wildman–Crippen MR) is 94.2 cm³/mol. The first kappa shape index (κ1) is 19.3. The van der Waals surface area contributed by atoms with Crippen molar-refractivity contribution in [2.45, 2.75) is 39.0 Å². The lowest BCUT2D eigenvalue weighted by Gasteiger charge is -2.30. The molecule has 1 aromatic carbocycles. The summed E-state index contributed by atoms with van der Waals surface area (Å²) in [5.74, 6) is 0.362. The number of carbonyl (C=O) groups is 1. The molecule has 5 nitrogen and oxygen atoms in total. The van der Waals surface area contributed by atoms with Crippen molar-refractivity contribution in [2.24, 2.45) is 11.7 Å². The predicted octanol–water partition coefficient (Wildman–Crippen LogP) is 2.92. The molecule has 0 amide bonds. The quantitative estimate of drug-likeness (QED) is 0.376. The third kappa shape index (κ3) is 5.13. The molecule has 0 aliphatic carbocycles. The molecule has 1 aliphatic rings. The SMILES string of the molecule is CC(C)(C)c1ccc(OC(=O)C2CCN(C(=N)N)CC2)cc1.Cl. The zero-order valence-electron chi connectivity index (χ0n) is 14.0. The summed E-state index contributed by atoms with van der Waals surface area (Å²) >= 11 is 0. The van der Waals surface area contributed by atoms with Gasteiger partial charge in [-0.1, -0.05) is 32.9 Å². The third-order valence-electron chi connectivity index (χ3n) is 4.11. The van der Waals surface area contributed by atoms with Crippen molar-refractivity contribution in [3.63, 3.8) is 0 Å². The van der Waals surface area contributed by atoms with Crippen molar-refractivity contribution < 1.29 is 9.53 Å². The Bertz CT molecular complexity index is 544. The average Bonchev–Trinajstić information content (AvgIpc) is 2.47. The summed E-state index contributed by atoms with van der Waals surface area (Å²) in [6.45, 7) is 7.72. The summed E-state index contributed by atoms with van der Waals surface area (Å²) in [4.78, 5) is 14.0. The van der Waals surface area contributed by atoms with Crippen LogP contribution < -0.4 is 10.5 Å². The Hall–Kier alpha value is -1.75. The normalized spacial score (nSPS) is 15.7. The van der Waals surface area contributed by atoms with Crippen LogP contribution in [0.4, 0.5) is 0 Å². The zero-order chi connectivity index (χ0) is 16.3. The van der Waals surface area contributed by atoms with Gasteiger partial charge < -0.3 is 15.4 Å². The third-order valence-corrected chi connectivity index (χ3v) is 4.11. The number of rotatable bonds is 2. The molecule has 0 spiro atoms. The number of nitrogens with two attached hydrogens (primary N) is 1. The standard InChI is InChI=1S/C17H25N3O2.ClH/c1-17(2,3)13-4-6-14(7-5-13)22-15(21)12-8-10-20(11-9-12)16(18)19;/h4-7,12H,8-11H2,1-3H3,(H3,18,19);1H. The molecule has 1 saturated heterocycles. The van der Waals surface area contributed by atoms with Crippen LogP contribution in [0, 0.1) is 11.3 Å². The van der Waals surface area contributed by atoms with E-state index in [1.54, 1.807) is 4.90 Å². The first-order chi connectivity index (χ1) is 10.3. The van der Waals surface area contributed by atoms with E-state index in [9.17, 15) is 4.79 Å². The van der Waals surface area contributed by atoms with Crippen molar-refractivity contribution in [1.82, 2.24) is 4.90 Å². The number of likely N-dealkylation sites (tertiary alicyclic amines) is 1.